The first kappa shape index (κ1) is 17.2. The minimum Gasteiger partial charge on any atom is -0.493 e. The number of nitrogens with one attached hydrogen (secondary N) is 2. The molecule has 0 unspecified atom stereocenters. The molecule has 11 heteroatoms. The second kappa shape index (κ2) is 6.69. The Kier molecular flexibility index (Phi) is 4.59. The maximum absolute atomic E-state index is 11.3. The van der Waals surface area contributed by atoms with Crippen molar-refractivity contribution < 1.29 is 17.9 Å². The number of sulfonamides is 1. The maximum Gasteiger partial charge on any atom is 0.231 e. The summed E-state index contributed by atoms with van der Waals surface area (Å²) in [5, 5.41) is 4.74. The Morgan fingerprint density at radius 2 is 1.80 bits per heavy atom. The SMILES string of the molecule is COc1cc2ncnc(Nc3cnc(NS(C)(=O)=O)s3)c2cc1OC. The number of ether oxygens (including phenoxy) is 2. The summed E-state index contributed by atoms with van der Waals surface area (Å²) in [6.45, 7) is 0. The van der Waals surface area contributed by atoms with Crippen LogP contribution in [0.4, 0.5) is 16.0 Å². The molecule has 0 fully saturated rings. The fourth-order valence-corrected chi connectivity index (χ4v) is 3.69. The third kappa shape index (κ3) is 3.88. The van der Waals surface area contributed by atoms with Gasteiger partial charge in [-0.2, -0.15) is 0 Å². The summed E-state index contributed by atoms with van der Waals surface area (Å²) < 4.78 is 35.4. The average Bonchev–Trinajstić information content (AvgIpc) is 2.98. The smallest absolute Gasteiger partial charge is 0.231 e. The zero-order chi connectivity index (χ0) is 18.0. The van der Waals surface area contributed by atoms with Crippen LogP contribution in [0.25, 0.3) is 10.9 Å². The highest BCUT2D eigenvalue weighted by atomic mass is 32.2. The largest absolute Gasteiger partial charge is 0.493 e. The molecule has 3 aromatic rings. The number of methoxy groups -OCH3 is 2. The van der Waals surface area contributed by atoms with Gasteiger partial charge in [0, 0.05) is 11.5 Å². The molecule has 0 radical (unpaired) electrons. The van der Waals surface area contributed by atoms with E-state index in [0.717, 1.165) is 23.0 Å². The standard InChI is InChI=1S/C14H15N5O4S2/c1-22-10-4-8-9(5-11(10)23-2)16-7-17-13(8)18-12-6-15-14(24-12)19-25(3,20)21/h4-7H,1-3H3,(H,15,19)(H,16,17,18). The molecule has 1 aromatic carbocycles. The maximum atomic E-state index is 11.3. The van der Waals surface area contributed by atoms with Crippen molar-refractivity contribution in [2.24, 2.45) is 0 Å². The predicted octanol–water partition coefficient (Wildman–Crippen LogP) is 2.22. The number of rotatable bonds is 6. The lowest BCUT2D eigenvalue weighted by Gasteiger charge is -2.11. The van der Waals surface area contributed by atoms with Crippen molar-refractivity contribution in [2.75, 3.05) is 30.5 Å². The van der Waals surface area contributed by atoms with Crippen molar-refractivity contribution in [3.05, 3.63) is 24.7 Å². The van der Waals surface area contributed by atoms with Gasteiger partial charge in [0.2, 0.25) is 10.0 Å². The number of nitrogens with zero attached hydrogens (tertiary/aromatic N) is 3. The summed E-state index contributed by atoms with van der Waals surface area (Å²) in [5.74, 6) is 1.66. The third-order valence-corrected chi connectivity index (χ3v) is 4.68. The summed E-state index contributed by atoms with van der Waals surface area (Å²) in [7, 11) is -0.272. The number of fused-ring (bicyclic) bond motifs is 1. The van der Waals surface area contributed by atoms with Crippen molar-refractivity contribution in [1.82, 2.24) is 15.0 Å². The lowest BCUT2D eigenvalue weighted by Crippen LogP contribution is -2.08. The first-order valence-corrected chi connectivity index (χ1v) is 9.68. The fourth-order valence-electron chi connectivity index (χ4n) is 2.14. The highest BCUT2D eigenvalue weighted by Crippen LogP contribution is 2.35. The van der Waals surface area contributed by atoms with E-state index in [4.69, 9.17) is 9.47 Å². The number of hydrogen-bond acceptors (Lipinski definition) is 9. The molecule has 0 saturated heterocycles. The molecule has 132 valence electrons. The molecule has 3 rings (SSSR count). The molecule has 0 saturated carbocycles. The average molecular weight is 381 g/mol. The number of aromatic nitrogens is 3. The Labute approximate surface area is 148 Å². The third-order valence-electron chi connectivity index (χ3n) is 3.16. The topological polar surface area (TPSA) is 115 Å². The Bertz CT molecular complexity index is 1020. The van der Waals surface area contributed by atoms with E-state index in [1.165, 1.54) is 12.5 Å². The zero-order valence-electron chi connectivity index (χ0n) is 13.6. The molecule has 2 aromatic heterocycles. The van der Waals surface area contributed by atoms with Gasteiger partial charge in [-0.1, -0.05) is 11.3 Å². The molecule has 25 heavy (non-hydrogen) atoms. The van der Waals surface area contributed by atoms with Crippen LogP contribution in [0.2, 0.25) is 0 Å². The molecule has 0 aliphatic heterocycles. The van der Waals surface area contributed by atoms with E-state index in [0.29, 0.717) is 27.8 Å². The molecular formula is C14H15N5O4S2. The quantitative estimate of drug-likeness (QED) is 0.668. The van der Waals surface area contributed by atoms with Gasteiger partial charge >= 0.3 is 0 Å². The monoisotopic (exact) mass is 381 g/mol. The summed E-state index contributed by atoms with van der Waals surface area (Å²) in [6.07, 6.45) is 4.01. The van der Waals surface area contributed by atoms with Crippen molar-refractivity contribution in [2.45, 2.75) is 0 Å². The van der Waals surface area contributed by atoms with Gasteiger partial charge in [-0.3, -0.25) is 4.72 Å². The molecule has 0 aliphatic carbocycles. The number of thiazole rings is 1. The van der Waals surface area contributed by atoms with Gasteiger partial charge in [0.15, 0.2) is 16.6 Å². The second-order valence-electron chi connectivity index (χ2n) is 4.98. The van der Waals surface area contributed by atoms with Crippen LogP contribution >= 0.6 is 11.3 Å². The Hall–Kier alpha value is -2.66. The van der Waals surface area contributed by atoms with Crippen LogP contribution in [0.3, 0.4) is 0 Å². The Morgan fingerprint density at radius 3 is 2.48 bits per heavy atom. The van der Waals surface area contributed by atoms with E-state index in [-0.39, 0.29) is 5.13 Å². The van der Waals surface area contributed by atoms with Crippen LogP contribution in [0.15, 0.2) is 24.7 Å². The van der Waals surface area contributed by atoms with Crippen LogP contribution in [0.1, 0.15) is 0 Å². The Morgan fingerprint density at radius 1 is 1.08 bits per heavy atom. The summed E-state index contributed by atoms with van der Waals surface area (Å²) in [6, 6.07) is 3.53. The van der Waals surface area contributed by atoms with Crippen molar-refractivity contribution in [1.29, 1.82) is 0 Å². The molecule has 2 N–H and O–H groups in total. The van der Waals surface area contributed by atoms with Crippen molar-refractivity contribution in [3.63, 3.8) is 0 Å². The normalized spacial score (nSPS) is 11.3. The minimum absolute atomic E-state index is 0.266. The van der Waals surface area contributed by atoms with Crippen LogP contribution in [0.5, 0.6) is 11.5 Å². The molecule has 0 aliphatic rings. The zero-order valence-corrected chi connectivity index (χ0v) is 15.2. The van der Waals surface area contributed by atoms with Crippen molar-refractivity contribution >= 4 is 48.2 Å². The van der Waals surface area contributed by atoms with Crippen LogP contribution in [-0.2, 0) is 10.0 Å². The number of hydrogen-bond donors (Lipinski definition) is 2. The van der Waals surface area contributed by atoms with Gasteiger partial charge in [0.05, 0.1) is 32.2 Å². The first-order chi connectivity index (χ1) is 11.9. The molecule has 9 nitrogen and oxygen atoms in total. The lowest BCUT2D eigenvalue weighted by atomic mass is 10.2. The molecule has 0 amide bonds. The van der Waals surface area contributed by atoms with Crippen molar-refractivity contribution in [3.8, 4) is 11.5 Å². The van der Waals surface area contributed by atoms with E-state index in [9.17, 15) is 8.42 Å². The van der Waals surface area contributed by atoms with E-state index in [1.54, 1.807) is 26.4 Å². The predicted molar refractivity (Wildman–Crippen MR) is 96.5 cm³/mol. The van der Waals surface area contributed by atoms with Gasteiger partial charge in [-0.15, -0.1) is 0 Å². The van der Waals surface area contributed by atoms with Gasteiger partial charge in [-0.05, 0) is 6.07 Å². The molecular weight excluding hydrogens is 366 g/mol. The second-order valence-corrected chi connectivity index (χ2v) is 7.75. The van der Waals surface area contributed by atoms with Gasteiger partial charge in [0.1, 0.15) is 17.1 Å². The van der Waals surface area contributed by atoms with Crippen LogP contribution < -0.4 is 19.5 Å². The molecule has 0 atom stereocenters. The number of benzene rings is 1. The van der Waals surface area contributed by atoms with E-state index >= 15 is 0 Å². The molecule has 0 spiro atoms. The highest BCUT2D eigenvalue weighted by molar-refractivity contribution is 7.92. The van der Waals surface area contributed by atoms with E-state index in [1.807, 2.05) is 0 Å². The van der Waals surface area contributed by atoms with Crippen LogP contribution in [-0.4, -0.2) is 43.8 Å². The Balaban J connectivity index is 1.96. The van der Waals surface area contributed by atoms with Gasteiger partial charge in [0.25, 0.3) is 0 Å². The number of anilines is 3. The van der Waals surface area contributed by atoms with Crippen LogP contribution in [0, 0.1) is 0 Å². The van der Waals surface area contributed by atoms with E-state index in [2.05, 4.69) is 25.0 Å². The van der Waals surface area contributed by atoms with Gasteiger partial charge < -0.3 is 14.8 Å². The minimum atomic E-state index is -3.37. The fraction of sp³-hybridized carbons (Fsp3) is 0.214. The summed E-state index contributed by atoms with van der Waals surface area (Å²) >= 11 is 1.15. The lowest BCUT2D eigenvalue weighted by molar-refractivity contribution is 0.356. The molecule has 0 bridgehead atoms. The molecule has 2 heterocycles. The first-order valence-electron chi connectivity index (χ1n) is 6.97. The van der Waals surface area contributed by atoms with E-state index < -0.39 is 10.0 Å². The van der Waals surface area contributed by atoms with Gasteiger partial charge in [-0.25, -0.2) is 23.4 Å². The highest BCUT2D eigenvalue weighted by Gasteiger charge is 2.13. The summed E-state index contributed by atoms with van der Waals surface area (Å²) in [4.78, 5) is 12.5. The summed E-state index contributed by atoms with van der Waals surface area (Å²) in [5.41, 5.74) is 0.675.